The SMILES string of the molecule is CN1c2ccccc2N2B3c4cc5c(cc4-c4ccccc4N3c3cccc1c32)B1N(c2ccccc2-5)c2cccc3c2N1c1ccccc1N3C. The van der Waals surface area contributed by atoms with Gasteiger partial charge in [-0.3, -0.25) is 0 Å². The Kier molecular flexibility index (Phi) is 4.83. The fraction of sp³-hybridized carbons (Fsp3) is 0.0455. The van der Waals surface area contributed by atoms with Crippen LogP contribution in [0.4, 0.5) is 68.2 Å². The van der Waals surface area contributed by atoms with E-state index in [4.69, 9.17) is 0 Å². The van der Waals surface area contributed by atoms with E-state index in [0.717, 1.165) is 0 Å². The van der Waals surface area contributed by atoms with Crippen molar-refractivity contribution in [1.29, 1.82) is 0 Å². The van der Waals surface area contributed by atoms with Crippen molar-refractivity contribution in [1.82, 2.24) is 0 Å². The van der Waals surface area contributed by atoms with Gasteiger partial charge in [-0.05, 0) is 82.7 Å². The molecule has 0 spiro atoms. The molecule has 0 fully saturated rings. The van der Waals surface area contributed by atoms with Crippen molar-refractivity contribution < 1.29 is 0 Å². The number of hydrogen-bond donors (Lipinski definition) is 0. The van der Waals surface area contributed by atoms with Crippen LogP contribution in [0, 0.1) is 0 Å². The van der Waals surface area contributed by atoms with Gasteiger partial charge < -0.3 is 29.0 Å². The minimum atomic E-state index is -0.0388. The number of rotatable bonds is 0. The summed E-state index contributed by atoms with van der Waals surface area (Å²) >= 11 is 0. The molecule has 0 saturated heterocycles. The molecule has 0 saturated carbocycles. The van der Waals surface area contributed by atoms with Gasteiger partial charge in [0, 0.05) is 36.6 Å². The van der Waals surface area contributed by atoms with E-state index < -0.39 is 0 Å². The van der Waals surface area contributed by atoms with E-state index in [0.29, 0.717) is 0 Å². The van der Waals surface area contributed by atoms with Crippen molar-refractivity contribution in [2.24, 2.45) is 0 Å². The van der Waals surface area contributed by atoms with E-state index in [1.54, 1.807) is 0 Å². The summed E-state index contributed by atoms with van der Waals surface area (Å²) in [6.45, 7) is -0.0775. The molecule has 7 aromatic carbocycles. The lowest BCUT2D eigenvalue weighted by Gasteiger charge is -2.42. The average Bonchev–Trinajstić information content (AvgIpc) is 3.74. The Labute approximate surface area is 303 Å². The summed E-state index contributed by atoms with van der Waals surface area (Å²) < 4.78 is 0. The van der Waals surface area contributed by atoms with Crippen molar-refractivity contribution in [2.45, 2.75) is 0 Å². The second-order valence-electron chi connectivity index (χ2n) is 14.7. The molecule has 6 nitrogen and oxygen atoms in total. The molecule has 6 aliphatic rings. The van der Waals surface area contributed by atoms with Crippen LogP contribution in [0.1, 0.15) is 0 Å². The maximum atomic E-state index is 2.61. The first-order chi connectivity index (χ1) is 25.7. The summed E-state index contributed by atoms with van der Waals surface area (Å²) in [7, 11) is 4.40. The monoisotopic (exact) mass is 664 g/mol. The van der Waals surface area contributed by atoms with Crippen LogP contribution < -0.4 is 40.0 Å². The Balaban J connectivity index is 1.12. The molecular weight excluding hydrogens is 634 g/mol. The van der Waals surface area contributed by atoms with Gasteiger partial charge in [-0.1, -0.05) is 84.9 Å². The zero-order valence-electron chi connectivity index (χ0n) is 28.7. The van der Waals surface area contributed by atoms with Gasteiger partial charge in [0.15, 0.2) is 0 Å². The Hall–Kier alpha value is -6.53. The number of hydrogen-bond acceptors (Lipinski definition) is 6. The maximum absolute atomic E-state index is 2.61. The highest BCUT2D eigenvalue weighted by atomic mass is 15.4. The molecule has 0 unspecified atom stereocenters. The Bertz CT molecular complexity index is 2580. The lowest BCUT2D eigenvalue weighted by atomic mass is 9.53. The lowest BCUT2D eigenvalue weighted by molar-refractivity contribution is 1.16. The largest absolute Gasteiger partial charge is 0.421 e. The first-order valence-corrected chi connectivity index (χ1v) is 18.1. The molecule has 0 atom stereocenters. The maximum Gasteiger partial charge on any atom is 0.421 e. The summed E-state index contributed by atoms with van der Waals surface area (Å²) in [6, 6.07) is 54.5. The highest BCUT2D eigenvalue weighted by molar-refractivity contribution is 6.89. The number of benzene rings is 7. The van der Waals surface area contributed by atoms with Crippen molar-refractivity contribution in [3.63, 3.8) is 0 Å². The zero-order chi connectivity index (χ0) is 34.0. The van der Waals surface area contributed by atoms with Crippen molar-refractivity contribution in [3.8, 4) is 22.3 Å². The number of para-hydroxylation sites is 8. The topological polar surface area (TPSA) is 19.4 Å². The minimum Gasteiger partial charge on any atom is -0.359 e. The standard InChI is InChI=1S/C44H30B2N6/c1-47-35-17-7-9-19-37(35)51-43-39(47)21-11-23-41(43)49-33-15-5-3-13-27(33)29-26-32-30(25-31(29)45(49)51)28-14-4-6-16-34(28)50-42-24-12-22-40-44(42)52(46(32)50)38-20-10-8-18-36(38)48(40)2/h3-26H,1-2H3. The quantitative estimate of drug-likeness (QED) is 0.150. The van der Waals surface area contributed by atoms with Crippen molar-refractivity contribution >= 4 is 93.1 Å². The second kappa shape index (κ2) is 9.22. The van der Waals surface area contributed by atoms with Crippen LogP contribution >= 0.6 is 0 Å². The molecule has 7 aromatic rings. The van der Waals surface area contributed by atoms with Crippen LogP contribution in [0.3, 0.4) is 0 Å². The van der Waals surface area contributed by atoms with Crippen LogP contribution in [-0.4, -0.2) is 28.1 Å². The van der Waals surface area contributed by atoms with E-state index >= 15 is 0 Å². The highest BCUT2D eigenvalue weighted by Crippen LogP contribution is 2.61. The van der Waals surface area contributed by atoms with E-state index in [1.807, 2.05) is 0 Å². The Morgan fingerprint density at radius 3 is 1.10 bits per heavy atom. The molecule has 52 heavy (non-hydrogen) atoms. The van der Waals surface area contributed by atoms with Crippen LogP contribution in [-0.2, 0) is 0 Å². The van der Waals surface area contributed by atoms with Gasteiger partial charge in [0.05, 0.1) is 56.9 Å². The molecular formula is C44H30B2N6. The van der Waals surface area contributed by atoms with Gasteiger partial charge in [-0.25, -0.2) is 0 Å². The number of nitrogens with zero attached hydrogens (tertiary/aromatic N) is 6. The molecule has 6 aliphatic heterocycles. The molecule has 0 bridgehead atoms. The van der Waals surface area contributed by atoms with Gasteiger partial charge in [-0.15, -0.1) is 0 Å². The van der Waals surface area contributed by atoms with Gasteiger partial charge in [0.2, 0.25) is 0 Å². The molecule has 0 aliphatic carbocycles. The molecule has 0 aromatic heterocycles. The van der Waals surface area contributed by atoms with Crippen LogP contribution in [0.5, 0.6) is 0 Å². The Morgan fingerprint density at radius 1 is 0.308 bits per heavy atom. The van der Waals surface area contributed by atoms with Crippen LogP contribution in [0.25, 0.3) is 22.3 Å². The van der Waals surface area contributed by atoms with Crippen LogP contribution in [0.15, 0.2) is 146 Å². The van der Waals surface area contributed by atoms with E-state index in [-0.39, 0.29) is 14.0 Å². The smallest absolute Gasteiger partial charge is 0.359 e. The average molecular weight is 664 g/mol. The summed E-state index contributed by atoms with van der Waals surface area (Å²) in [4.78, 5) is 15.1. The molecule has 242 valence electrons. The van der Waals surface area contributed by atoms with E-state index in [9.17, 15) is 0 Å². The summed E-state index contributed by atoms with van der Waals surface area (Å²) in [5.41, 5.74) is 22.7. The lowest BCUT2D eigenvalue weighted by Crippen LogP contribution is -2.59. The molecule has 0 radical (unpaired) electrons. The van der Waals surface area contributed by atoms with Gasteiger partial charge >= 0.3 is 14.0 Å². The zero-order valence-corrected chi connectivity index (χ0v) is 28.7. The molecule has 6 heterocycles. The second-order valence-corrected chi connectivity index (χ2v) is 14.7. The fourth-order valence-electron chi connectivity index (χ4n) is 10.3. The summed E-state index contributed by atoms with van der Waals surface area (Å²) in [5.74, 6) is 0. The first kappa shape index (κ1) is 27.2. The third kappa shape index (κ3) is 3.01. The van der Waals surface area contributed by atoms with E-state index in [1.165, 1.54) is 101 Å². The predicted molar refractivity (Wildman–Crippen MR) is 219 cm³/mol. The first-order valence-electron chi connectivity index (χ1n) is 18.1. The molecule has 0 N–H and O–H groups in total. The summed E-state index contributed by atoms with van der Waals surface area (Å²) in [6.07, 6.45) is 0. The van der Waals surface area contributed by atoms with Gasteiger partial charge in [-0.2, -0.15) is 0 Å². The number of anilines is 12. The molecule has 13 rings (SSSR count). The van der Waals surface area contributed by atoms with E-state index in [2.05, 4.69) is 189 Å². The third-order valence-corrected chi connectivity index (χ3v) is 12.4. The Morgan fingerprint density at radius 2 is 0.654 bits per heavy atom. The number of fused-ring (bicyclic) bond motifs is 20. The summed E-state index contributed by atoms with van der Waals surface area (Å²) in [5, 5.41) is 0. The normalized spacial score (nSPS) is 15.6. The van der Waals surface area contributed by atoms with Crippen LogP contribution in [0.2, 0.25) is 0 Å². The predicted octanol–water partition coefficient (Wildman–Crippen LogP) is 9.18. The third-order valence-electron chi connectivity index (χ3n) is 12.4. The minimum absolute atomic E-state index is 0.0388. The van der Waals surface area contributed by atoms with Crippen molar-refractivity contribution in [3.05, 3.63) is 146 Å². The van der Waals surface area contributed by atoms with Crippen molar-refractivity contribution in [2.75, 3.05) is 43.1 Å². The van der Waals surface area contributed by atoms with Gasteiger partial charge in [0.25, 0.3) is 0 Å². The highest BCUT2D eigenvalue weighted by Gasteiger charge is 2.54. The van der Waals surface area contributed by atoms with Gasteiger partial charge in [0.1, 0.15) is 0 Å². The fourth-order valence-corrected chi connectivity index (χ4v) is 10.3. The molecule has 8 heteroatoms. The molecule has 0 amide bonds.